The predicted octanol–water partition coefficient (Wildman–Crippen LogP) is 4.66. The van der Waals surface area contributed by atoms with Crippen LogP contribution < -0.4 is 0 Å². The maximum Gasteiger partial charge on any atom is 0.168 e. The summed E-state index contributed by atoms with van der Waals surface area (Å²) < 4.78 is 0. The smallest absolute Gasteiger partial charge is 0.168 e. The molecule has 1 aliphatic rings. The maximum atomic E-state index is 12.7. The lowest BCUT2D eigenvalue weighted by atomic mass is 9.80. The average Bonchev–Trinajstić information content (AvgIpc) is 2.53. The second kappa shape index (κ2) is 5.93. The van der Waals surface area contributed by atoms with Gasteiger partial charge < -0.3 is 0 Å². The van der Waals surface area contributed by atoms with E-state index in [0.29, 0.717) is 6.04 Å². The van der Waals surface area contributed by atoms with E-state index >= 15 is 0 Å². The van der Waals surface area contributed by atoms with Gasteiger partial charge in [0.25, 0.3) is 0 Å². The van der Waals surface area contributed by atoms with Crippen molar-refractivity contribution in [2.24, 2.45) is 5.92 Å². The molecule has 2 heteroatoms. The fourth-order valence-corrected chi connectivity index (χ4v) is 3.47. The number of rotatable bonds is 3. The van der Waals surface area contributed by atoms with Crippen LogP contribution in [0.4, 0.5) is 0 Å². The summed E-state index contributed by atoms with van der Waals surface area (Å²) in [4.78, 5) is 15.1. The third kappa shape index (κ3) is 3.09. The molecule has 2 unspecified atom stereocenters. The van der Waals surface area contributed by atoms with E-state index in [0.717, 1.165) is 17.7 Å². The van der Waals surface area contributed by atoms with E-state index in [1.807, 2.05) is 42.5 Å². The molecule has 0 radical (unpaired) electrons. The van der Waals surface area contributed by atoms with E-state index in [9.17, 15) is 4.79 Å². The number of benzene rings is 2. The Hall–Kier alpha value is -1.93. The number of ketones is 1. The first-order chi connectivity index (χ1) is 10.9. The van der Waals surface area contributed by atoms with Crippen LogP contribution in [0.5, 0.6) is 0 Å². The van der Waals surface area contributed by atoms with Crippen LogP contribution in [-0.4, -0.2) is 28.8 Å². The number of carbonyl (C=O) groups is 1. The minimum Gasteiger partial charge on any atom is -0.294 e. The van der Waals surface area contributed by atoms with Crippen molar-refractivity contribution in [3.8, 4) is 11.1 Å². The molecule has 2 atom stereocenters. The lowest BCUT2D eigenvalue weighted by molar-refractivity contribution is -0.0322. The number of nitrogens with zero attached hydrogens (tertiary/aromatic N) is 1. The molecule has 1 heterocycles. The lowest BCUT2D eigenvalue weighted by Gasteiger charge is -2.52. The third-order valence-electron chi connectivity index (χ3n) is 4.94. The van der Waals surface area contributed by atoms with Gasteiger partial charge in [-0.05, 0) is 38.8 Å². The molecule has 0 aromatic heterocycles. The summed E-state index contributed by atoms with van der Waals surface area (Å²) in [6, 6.07) is 18.6. The van der Waals surface area contributed by atoms with Gasteiger partial charge in [-0.25, -0.2) is 0 Å². The number of Topliss-reactive ketones (excluding diaryl/α,β-unsaturated/α-hetero) is 1. The van der Waals surface area contributed by atoms with E-state index in [1.54, 1.807) is 0 Å². The van der Waals surface area contributed by atoms with Crippen molar-refractivity contribution in [1.29, 1.82) is 0 Å². The van der Waals surface area contributed by atoms with Crippen molar-refractivity contribution >= 4 is 5.78 Å². The highest BCUT2D eigenvalue weighted by Crippen LogP contribution is 2.34. The average molecular weight is 307 g/mol. The molecule has 0 aliphatic carbocycles. The van der Waals surface area contributed by atoms with Crippen molar-refractivity contribution < 1.29 is 4.79 Å². The molecule has 2 nitrogen and oxygen atoms in total. The van der Waals surface area contributed by atoms with Crippen LogP contribution in [-0.2, 0) is 0 Å². The minimum absolute atomic E-state index is 0.122. The van der Waals surface area contributed by atoms with Gasteiger partial charge in [-0.3, -0.25) is 9.69 Å². The molecule has 2 aromatic carbocycles. The number of carbonyl (C=O) groups excluding carboxylic acids is 1. The van der Waals surface area contributed by atoms with Gasteiger partial charge in [0, 0.05) is 23.7 Å². The van der Waals surface area contributed by atoms with E-state index < -0.39 is 0 Å². The standard InChI is InChI=1S/C21H25NO/c1-15-19(14-22(15)21(2,3)4)20(23)18-12-10-17(11-13-18)16-8-6-5-7-9-16/h5-13,15,19H,14H2,1-4H3. The molecule has 1 fully saturated rings. The van der Waals surface area contributed by atoms with E-state index in [-0.39, 0.29) is 17.2 Å². The quantitative estimate of drug-likeness (QED) is 0.769. The topological polar surface area (TPSA) is 20.3 Å². The second-order valence-corrected chi connectivity index (χ2v) is 7.48. The fraction of sp³-hybridized carbons (Fsp3) is 0.381. The monoisotopic (exact) mass is 307 g/mol. The SMILES string of the molecule is CC1C(C(=O)c2ccc(-c3ccccc3)cc2)CN1C(C)(C)C. The Labute approximate surface area is 139 Å². The molecule has 0 spiro atoms. The van der Waals surface area contributed by atoms with Gasteiger partial charge in [0.15, 0.2) is 5.78 Å². The molecule has 2 aromatic rings. The van der Waals surface area contributed by atoms with Gasteiger partial charge in [0.2, 0.25) is 0 Å². The van der Waals surface area contributed by atoms with Crippen molar-refractivity contribution in [3.63, 3.8) is 0 Å². The van der Waals surface area contributed by atoms with Crippen molar-refractivity contribution in [2.45, 2.75) is 39.3 Å². The highest BCUT2D eigenvalue weighted by molar-refractivity contribution is 5.99. The van der Waals surface area contributed by atoms with Crippen LogP contribution in [0.15, 0.2) is 54.6 Å². The molecule has 3 rings (SSSR count). The number of hydrogen-bond donors (Lipinski definition) is 0. The highest BCUT2D eigenvalue weighted by atomic mass is 16.1. The van der Waals surface area contributed by atoms with Gasteiger partial charge in [0.05, 0.1) is 5.92 Å². The summed E-state index contributed by atoms with van der Waals surface area (Å²) in [7, 11) is 0. The molecule has 1 aliphatic heterocycles. The second-order valence-electron chi connectivity index (χ2n) is 7.48. The van der Waals surface area contributed by atoms with Gasteiger partial charge >= 0.3 is 0 Å². The van der Waals surface area contributed by atoms with E-state index in [2.05, 4.69) is 44.7 Å². The summed E-state index contributed by atoms with van der Waals surface area (Å²) in [5, 5.41) is 0. The minimum atomic E-state index is 0.122. The highest BCUT2D eigenvalue weighted by Gasteiger charge is 2.44. The molecular weight excluding hydrogens is 282 g/mol. The zero-order valence-corrected chi connectivity index (χ0v) is 14.4. The van der Waals surface area contributed by atoms with Crippen LogP contribution in [0.3, 0.4) is 0 Å². The Kier molecular flexibility index (Phi) is 4.11. The zero-order chi connectivity index (χ0) is 16.6. The molecule has 0 amide bonds. The normalized spacial score (nSPS) is 21.7. The van der Waals surface area contributed by atoms with Gasteiger partial charge in [0.1, 0.15) is 0 Å². The molecule has 120 valence electrons. The Balaban J connectivity index is 1.72. The molecule has 23 heavy (non-hydrogen) atoms. The summed E-state index contributed by atoms with van der Waals surface area (Å²) in [5.74, 6) is 0.398. The zero-order valence-electron chi connectivity index (χ0n) is 14.4. The Morgan fingerprint density at radius 2 is 1.52 bits per heavy atom. The molecule has 0 saturated carbocycles. The first-order valence-electron chi connectivity index (χ1n) is 8.34. The summed E-state index contributed by atoms with van der Waals surface area (Å²) in [6.07, 6.45) is 0. The van der Waals surface area contributed by atoms with Crippen LogP contribution in [0.1, 0.15) is 38.1 Å². The molecule has 1 saturated heterocycles. The van der Waals surface area contributed by atoms with Gasteiger partial charge in [-0.1, -0.05) is 54.6 Å². The van der Waals surface area contributed by atoms with Gasteiger partial charge in [-0.15, -0.1) is 0 Å². The van der Waals surface area contributed by atoms with Crippen LogP contribution >= 0.6 is 0 Å². The van der Waals surface area contributed by atoms with Gasteiger partial charge in [-0.2, -0.15) is 0 Å². The predicted molar refractivity (Wildman–Crippen MR) is 95.6 cm³/mol. The van der Waals surface area contributed by atoms with Crippen molar-refractivity contribution in [1.82, 2.24) is 4.90 Å². The Bertz CT molecular complexity index is 682. The van der Waals surface area contributed by atoms with Crippen molar-refractivity contribution in [2.75, 3.05) is 6.54 Å². The molecular formula is C21H25NO. The lowest BCUT2D eigenvalue weighted by Crippen LogP contribution is -2.64. The third-order valence-corrected chi connectivity index (χ3v) is 4.94. The van der Waals surface area contributed by atoms with Crippen LogP contribution in [0.25, 0.3) is 11.1 Å². The number of likely N-dealkylation sites (tertiary alicyclic amines) is 1. The summed E-state index contributed by atoms with van der Waals surface area (Å²) in [5.41, 5.74) is 3.30. The number of hydrogen-bond acceptors (Lipinski definition) is 2. The summed E-state index contributed by atoms with van der Waals surface area (Å²) in [6.45, 7) is 9.65. The Morgan fingerprint density at radius 1 is 0.957 bits per heavy atom. The summed E-state index contributed by atoms with van der Waals surface area (Å²) >= 11 is 0. The maximum absolute atomic E-state index is 12.7. The largest absolute Gasteiger partial charge is 0.294 e. The van der Waals surface area contributed by atoms with Crippen LogP contribution in [0, 0.1) is 5.92 Å². The first-order valence-corrected chi connectivity index (χ1v) is 8.34. The van der Waals surface area contributed by atoms with E-state index in [1.165, 1.54) is 5.56 Å². The van der Waals surface area contributed by atoms with Crippen LogP contribution in [0.2, 0.25) is 0 Å². The van der Waals surface area contributed by atoms with Crippen molar-refractivity contribution in [3.05, 3.63) is 60.2 Å². The first kappa shape index (κ1) is 15.9. The molecule has 0 N–H and O–H groups in total. The fourth-order valence-electron chi connectivity index (χ4n) is 3.47. The van der Waals surface area contributed by atoms with E-state index in [4.69, 9.17) is 0 Å². The molecule has 0 bridgehead atoms. The Morgan fingerprint density at radius 3 is 2.04 bits per heavy atom.